The Morgan fingerprint density at radius 1 is 1.41 bits per heavy atom. The van der Waals surface area contributed by atoms with E-state index in [2.05, 4.69) is 12.2 Å². The van der Waals surface area contributed by atoms with Crippen LogP contribution in [0.25, 0.3) is 0 Å². The predicted molar refractivity (Wildman–Crippen MR) is 65.3 cm³/mol. The van der Waals surface area contributed by atoms with Gasteiger partial charge in [-0.2, -0.15) is 0 Å². The third-order valence-corrected chi connectivity index (χ3v) is 2.52. The van der Waals surface area contributed by atoms with E-state index < -0.39 is 6.10 Å². The van der Waals surface area contributed by atoms with Crippen LogP contribution in [-0.2, 0) is 4.74 Å². The Kier molecular flexibility index (Phi) is 6.11. The minimum Gasteiger partial charge on any atom is -0.387 e. The quantitative estimate of drug-likeness (QED) is 0.764. The van der Waals surface area contributed by atoms with Gasteiger partial charge in [0, 0.05) is 26.8 Å². The fourth-order valence-electron chi connectivity index (χ4n) is 1.64. The second kappa shape index (κ2) is 7.37. The molecule has 17 heavy (non-hydrogen) atoms. The predicted octanol–water partition coefficient (Wildman–Crippen LogP) is 1.73. The molecule has 0 aliphatic rings. The lowest BCUT2D eigenvalue weighted by molar-refractivity contribution is 0.147. The van der Waals surface area contributed by atoms with Crippen molar-refractivity contribution in [3.8, 4) is 0 Å². The van der Waals surface area contributed by atoms with Crippen molar-refractivity contribution >= 4 is 0 Å². The van der Waals surface area contributed by atoms with Crippen LogP contribution in [0.3, 0.4) is 0 Å². The molecule has 0 aliphatic carbocycles. The van der Waals surface area contributed by atoms with E-state index in [0.29, 0.717) is 24.6 Å². The molecule has 4 heteroatoms. The molecule has 1 rings (SSSR count). The van der Waals surface area contributed by atoms with Gasteiger partial charge in [0.15, 0.2) is 0 Å². The van der Waals surface area contributed by atoms with Gasteiger partial charge in [-0.15, -0.1) is 0 Å². The number of ether oxygens (including phenoxy) is 1. The lowest BCUT2D eigenvalue weighted by Gasteiger charge is -2.15. The van der Waals surface area contributed by atoms with E-state index >= 15 is 0 Å². The highest BCUT2D eigenvalue weighted by atomic mass is 19.1. The molecule has 0 saturated heterocycles. The molecule has 3 nitrogen and oxygen atoms in total. The highest BCUT2D eigenvalue weighted by molar-refractivity contribution is 5.18. The second-order valence-electron chi connectivity index (χ2n) is 4.29. The minimum absolute atomic E-state index is 0.325. The van der Waals surface area contributed by atoms with Gasteiger partial charge < -0.3 is 15.2 Å². The van der Waals surface area contributed by atoms with Crippen molar-refractivity contribution < 1.29 is 14.2 Å². The topological polar surface area (TPSA) is 41.5 Å². The summed E-state index contributed by atoms with van der Waals surface area (Å²) in [6.45, 7) is 3.92. The van der Waals surface area contributed by atoms with Crippen LogP contribution >= 0.6 is 0 Å². The molecule has 1 aromatic carbocycles. The van der Waals surface area contributed by atoms with Crippen LogP contribution in [0.15, 0.2) is 24.3 Å². The summed E-state index contributed by atoms with van der Waals surface area (Å²) < 4.78 is 17.9. The standard InChI is InChI=1S/C13H20FNO2/c1-10(9-17-2)7-15-8-13(16)11-4-3-5-12(14)6-11/h3-6,10,13,15-16H,7-9H2,1-2H3. The van der Waals surface area contributed by atoms with Crippen LogP contribution in [0.1, 0.15) is 18.6 Å². The number of halogens is 1. The van der Waals surface area contributed by atoms with Gasteiger partial charge in [-0.05, 0) is 23.6 Å². The first-order chi connectivity index (χ1) is 8.13. The molecule has 0 aliphatic heterocycles. The number of benzene rings is 1. The minimum atomic E-state index is -0.680. The zero-order chi connectivity index (χ0) is 12.7. The van der Waals surface area contributed by atoms with Gasteiger partial charge in [0.2, 0.25) is 0 Å². The van der Waals surface area contributed by atoms with Crippen molar-refractivity contribution in [1.29, 1.82) is 0 Å². The maximum absolute atomic E-state index is 12.9. The van der Waals surface area contributed by atoms with E-state index in [9.17, 15) is 9.50 Å². The molecule has 0 amide bonds. The molecule has 0 heterocycles. The molecule has 0 bridgehead atoms. The smallest absolute Gasteiger partial charge is 0.123 e. The number of methoxy groups -OCH3 is 1. The first-order valence-corrected chi connectivity index (χ1v) is 5.76. The van der Waals surface area contributed by atoms with Gasteiger partial charge in [-0.1, -0.05) is 19.1 Å². The lowest BCUT2D eigenvalue weighted by atomic mass is 10.1. The number of aliphatic hydroxyl groups is 1. The summed E-state index contributed by atoms with van der Waals surface area (Å²) in [5, 5.41) is 13.0. The molecule has 2 N–H and O–H groups in total. The van der Waals surface area contributed by atoms with Gasteiger partial charge in [0.25, 0.3) is 0 Å². The molecular formula is C13H20FNO2. The van der Waals surface area contributed by atoms with Crippen molar-refractivity contribution in [3.05, 3.63) is 35.6 Å². The van der Waals surface area contributed by atoms with Crippen LogP contribution in [0.5, 0.6) is 0 Å². The number of aliphatic hydroxyl groups excluding tert-OH is 1. The van der Waals surface area contributed by atoms with Gasteiger partial charge in [-0.3, -0.25) is 0 Å². The molecule has 0 radical (unpaired) electrons. The lowest BCUT2D eigenvalue weighted by Crippen LogP contribution is -2.28. The van der Waals surface area contributed by atoms with E-state index in [-0.39, 0.29) is 5.82 Å². The van der Waals surface area contributed by atoms with Crippen molar-refractivity contribution in [2.45, 2.75) is 13.0 Å². The van der Waals surface area contributed by atoms with E-state index in [1.807, 2.05) is 0 Å². The Labute approximate surface area is 102 Å². The number of hydrogen-bond acceptors (Lipinski definition) is 3. The van der Waals surface area contributed by atoms with E-state index in [1.54, 1.807) is 19.2 Å². The summed E-state index contributed by atoms with van der Waals surface area (Å²) in [4.78, 5) is 0. The zero-order valence-electron chi connectivity index (χ0n) is 10.3. The Morgan fingerprint density at radius 2 is 2.18 bits per heavy atom. The van der Waals surface area contributed by atoms with Crippen LogP contribution in [0.2, 0.25) is 0 Å². The third kappa shape index (κ3) is 5.26. The molecule has 0 fully saturated rings. The van der Waals surface area contributed by atoms with Crippen molar-refractivity contribution in [1.82, 2.24) is 5.32 Å². The molecule has 0 saturated carbocycles. The van der Waals surface area contributed by atoms with Crippen LogP contribution in [-0.4, -0.2) is 31.9 Å². The fraction of sp³-hybridized carbons (Fsp3) is 0.538. The second-order valence-corrected chi connectivity index (χ2v) is 4.29. The Morgan fingerprint density at radius 3 is 2.82 bits per heavy atom. The number of rotatable bonds is 7. The number of nitrogens with one attached hydrogen (secondary N) is 1. The van der Waals surface area contributed by atoms with Crippen molar-refractivity contribution in [2.75, 3.05) is 26.8 Å². The first-order valence-electron chi connectivity index (χ1n) is 5.76. The Bertz CT molecular complexity index is 333. The maximum atomic E-state index is 12.9. The summed E-state index contributed by atoms with van der Waals surface area (Å²) in [7, 11) is 1.66. The van der Waals surface area contributed by atoms with Gasteiger partial charge in [0.1, 0.15) is 5.82 Å². The Balaban J connectivity index is 2.32. The molecule has 1 aromatic rings. The molecule has 2 atom stereocenters. The van der Waals surface area contributed by atoms with Crippen molar-refractivity contribution in [3.63, 3.8) is 0 Å². The maximum Gasteiger partial charge on any atom is 0.123 e. The van der Waals surface area contributed by atoms with E-state index in [4.69, 9.17) is 4.74 Å². The number of hydrogen-bond donors (Lipinski definition) is 2. The van der Waals surface area contributed by atoms with Crippen LogP contribution < -0.4 is 5.32 Å². The molecule has 96 valence electrons. The van der Waals surface area contributed by atoms with Crippen LogP contribution in [0, 0.1) is 11.7 Å². The third-order valence-electron chi connectivity index (χ3n) is 2.52. The first kappa shape index (κ1) is 14.1. The van der Waals surface area contributed by atoms with Gasteiger partial charge in [-0.25, -0.2) is 4.39 Å². The molecule has 0 spiro atoms. The van der Waals surface area contributed by atoms with E-state index in [0.717, 1.165) is 6.54 Å². The monoisotopic (exact) mass is 241 g/mol. The van der Waals surface area contributed by atoms with E-state index in [1.165, 1.54) is 12.1 Å². The largest absolute Gasteiger partial charge is 0.387 e. The van der Waals surface area contributed by atoms with Gasteiger partial charge >= 0.3 is 0 Å². The molecule has 2 unspecified atom stereocenters. The Hall–Kier alpha value is -0.970. The average molecular weight is 241 g/mol. The average Bonchev–Trinajstić information content (AvgIpc) is 2.29. The molecular weight excluding hydrogens is 221 g/mol. The highest BCUT2D eigenvalue weighted by Crippen LogP contribution is 2.12. The summed E-state index contributed by atoms with van der Waals surface area (Å²) >= 11 is 0. The summed E-state index contributed by atoms with van der Waals surface area (Å²) in [5.41, 5.74) is 0.594. The van der Waals surface area contributed by atoms with Crippen molar-refractivity contribution in [2.24, 2.45) is 5.92 Å². The fourth-order valence-corrected chi connectivity index (χ4v) is 1.64. The van der Waals surface area contributed by atoms with Gasteiger partial charge in [0.05, 0.1) is 6.10 Å². The summed E-state index contributed by atoms with van der Waals surface area (Å²) in [5.74, 6) is 0.0639. The van der Waals surface area contributed by atoms with Crippen LogP contribution in [0.4, 0.5) is 4.39 Å². The summed E-state index contributed by atoms with van der Waals surface area (Å²) in [6, 6.07) is 6.03. The highest BCUT2D eigenvalue weighted by Gasteiger charge is 2.08. The summed E-state index contributed by atoms with van der Waals surface area (Å²) in [6.07, 6.45) is -0.680. The molecule has 0 aromatic heterocycles. The normalized spacial score (nSPS) is 14.6. The SMILES string of the molecule is COCC(C)CNCC(O)c1cccc(F)c1. The zero-order valence-corrected chi connectivity index (χ0v) is 10.3.